The molecule has 1 saturated carbocycles. The number of carbonyl (C=O) groups excluding carboxylic acids is 1. The molecule has 1 N–H and O–H groups in total. The average molecular weight is 326 g/mol. The van der Waals surface area contributed by atoms with Crippen LogP contribution in [0.1, 0.15) is 46.5 Å². The van der Waals surface area contributed by atoms with E-state index in [2.05, 4.69) is 22.6 Å². The Bertz CT molecular complexity index is 248. The number of rotatable bonds is 3. The number of hydrogen-bond acceptors (Lipinski definition) is 3. The summed E-state index contributed by atoms with van der Waals surface area (Å²) in [4.78, 5) is 11.8. The molecule has 1 aliphatic carbocycles. The lowest BCUT2D eigenvalue weighted by Gasteiger charge is -2.28. The van der Waals surface area contributed by atoms with Crippen LogP contribution >= 0.6 is 22.6 Å². The highest BCUT2D eigenvalue weighted by Crippen LogP contribution is 2.34. The van der Waals surface area contributed by atoms with Crippen LogP contribution in [-0.4, -0.2) is 26.2 Å². The van der Waals surface area contributed by atoms with Crippen molar-refractivity contribution >= 4 is 28.6 Å². The number of alkyl halides is 1. The molecule has 0 aromatic carbocycles. The molecule has 4 heteroatoms. The first-order valence-electron chi connectivity index (χ1n) is 5.42. The van der Waals surface area contributed by atoms with Gasteiger partial charge in [-0.05, 0) is 39.5 Å². The third kappa shape index (κ3) is 3.06. The fourth-order valence-electron chi connectivity index (χ4n) is 1.70. The molecule has 0 bridgehead atoms. The highest BCUT2D eigenvalue weighted by molar-refractivity contribution is 14.1. The van der Waals surface area contributed by atoms with Crippen LogP contribution in [0.2, 0.25) is 0 Å². The number of hydrogen-bond donors (Lipinski definition) is 1. The van der Waals surface area contributed by atoms with Gasteiger partial charge in [0.05, 0.1) is 5.60 Å². The van der Waals surface area contributed by atoms with E-state index in [-0.39, 0.29) is 12.1 Å². The van der Waals surface area contributed by atoms with Crippen molar-refractivity contribution in [2.45, 2.75) is 61.6 Å². The van der Waals surface area contributed by atoms with Crippen molar-refractivity contribution in [1.29, 1.82) is 0 Å². The summed E-state index contributed by atoms with van der Waals surface area (Å²) in [7, 11) is 0. The molecule has 0 saturated heterocycles. The van der Waals surface area contributed by atoms with Crippen molar-refractivity contribution in [3.05, 3.63) is 0 Å². The SMILES string of the molecule is CCC(C)(I)C(=O)OC1CCCC1(C)O. The van der Waals surface area contributed by atoms with Crippen LogP contribution in [0, 0.1) is 0 Å². The summed E-state index contributed by atoms with van der Waals surface area (Å²) in [5.41, 5.74) is -0.837. The van der Waals surface area contributed by atoms with Gasteiger partial charge in [0.25, 0.3) is 0 Å². The highest BCUT2D eigenvalue weighted by atomic mass is 127. The Kier molecular flexibility index (Phi) is 4.03. The second-order valence-electron chi connectivity index (χ2n) is 4.69. The fraction of sp³-hybridized carbons (Fsp3) is 0.909. The maximum atomic E-state index is 11.8. The summed E-state index contributed by atoms with van der Waals surface area (Å²) in [6.07, 6.45) is 2.83. The smallest absolute Gasteiger partial charge is 0.322 e. The summed E-state index contributed by atoms with van der Waals surface area (Å²) >= 11 is 2.11. The topological polar surface area (TPSA) is 46.5 Å². The molecule has 1 aliphatic rings. The molecule has 0 aromatic heterocycles. The minimum atomic E-state index is -0.837. The number of halogens is 1. The third-order valence-electron chi connectivity index (χ3n) is 3.18. The molecule has 3 nitrogen and oxygen atoms in total. The maximum absolute atomic E-state index is 11.8. The molecule has 0 heterocycles. The Balaban J connectivity index is 2.59. The van der Waals surface area contributed by atoms with Gasteiger partial charge in [0.1, 0.15) is 9.53 Å². The van der Waals surface area contributed by atoms with Gasteiger partial charge < -0.3 is 9.84 Å². The van der Waals surface area contributed by atoms with Crippen LogP contribution < -0.4 is 0 Å². The minimum absolute atomic E-state index is 0.210. The first kappa shape index (κ1) is 13.2. The van der Waals surface area contributed by atoms with Gasteiger partial charge >= 0.3 is 5.97 Å². The molecule has 3 atom stereocenters. The fourth-order valence-corrected chi connectivity index (χ4v) is 1.83. The van der Waals surface area contributed by atoms with Crippen molar-refractivity contribution < 1.29 is 14.6 Å². The van der Waals surface area contributed by atoms with Crippen LogP contribution in [0.5, 0.6) is 0 Å². The van der Waals surface area contributed by atoms with E-state index in [0.29, 0.717) is 0 Å². The van der Waals surface area contributed by atoms with E-state index in [4.69, 9.17) is 4.74 Å². The van der Waals surface area contributed by atoms with E-state index < -0.39 is 9.02 Å². The van der Waals surface area contributed by atoms with E-state index >= 15 is 0 Å². The standard InChI is InChI=1S/C11H19IO3/c1-4-10(2,12)9(13)15-8-6-5-7-11(8,3)14/h8,14H,4-7H2,1-3H3. The summed E-state index contributed by atoms with van der Waals surface area (Å²) < 4.78 is 4.91. The molecule has 15 heavy (non-hydrogen) atoms. The van der Waals surface area contributed by atoms with Crippen LogP contribution in [0.25, 0.3) is 0 Å². The molecule has 0 spiro atoms. The van der Waals surface area contributed by atoms with E-state index in [1.807, 2.05) is 13.8 Å². The lowest BCUT2D eigenvalue weighted by Crippen LogP contribution is -2.41. The van der Waals surface area contributed by atoms with Crippen molar-refractivity contribution in [1.82, 2.24) is 0 Å². The average Bonchev–Trinajstić information content (AvgIpc) is 2.46. The number of carbonyl (C=O) groups is 1. The van der Waals surface area contributed by atoms with Gasteiger partial charge in [0.15, 0.2) is 0 Å². The zero-order chi connectivity index (χ0) is 11.7. The van der Waals surface area contributed by atoms with Crippen molar-refractivity contribution in [2.24, 2.45) is 0 Å². The van der Waals surface area contributed by atoms with Gasteiger partial charge in [-0.2, -0.15) is 0 Å². The van der Waals surface area contributed by atoms with E-state index in [9.17, 15) is 9.90 Å². The summed E-state index contributed by atoms with van der Waals surface area (Å²) in [5.74, 6) is -0.210. The molecule has 1 rings (SSSR count). The molecular formula is C11H19IO3. The van der Waals surface area contributed by atoms with Crippen molar-refractivity contribution in [3.8, 4) is 0 Å². The second-order valence-corrected chi connectivity index (χ2v) is 7.08. The molecular weight excluding hydrogens is 307 g/mol. The molecule has 88 valence electrons. The second kappa shape index (κ2) is 4.57. The van der Waals surface area contributed by atoms with E-state index in [1.54, 1.807) is 6.92 Å². The van der Waals surface area contributed by atoms with E-state index in [1.165, 1.54) is 0 Å². The third-order valence-corrected chi connectivity index (χ3v) is 4.38. The first-order valence-corrected chi connectivity index (χ1v) is 6.50. The molecule has 0 amide bonds. The Morgan fingerprint density at radius 3 is 2.73 bits per heavy atom. The summed E-state index contributed by atoms with van der Waals surface area (Å²) in [6.45, 7) is 5.56. The van der Waals surface area contributed by atoms with Gasteiger partial charge in [-0.3, -0.25) is 4.79 Å². The normalized spacial score (nSPS) is 34.9. The number of esters is 1. The zero-order valence-corrected chi connectivity index (χ0v) is 11.7. The van der Waals surface area contributed by atoms with Gasteiger partial charge in [-0.25, -0.2) is 0 Å². The van der Waals surface area contributed by atoms with Crippen LogP contribution in [0.4, 0.5) is 0 Å². The quantitative estimate of drug-likeness (QED) is 0.492. The lowest BCUT2D eigenvalue weighted by atomic mass is 10.0. The Morgan fingerprint density at radius 2 is 2.33 bits per heavy atom. The maximum Gasteiger partial charge on any atom is 0.322 e. The zero-order valence-electron chi connectivity index (χ0n) is 9.55. The predicted molar refractivity (Wildman–Crippen MR) is 67.1 cm³/mol. The number of ether oxygens (including phenoxy) is 1. The van der Waals surface area contributed by atoms with Crippen LogP contribution in [-0.2, 0) is 9.53 Å². The minimum Gasteiger partial charge on any atom is -0.458 e. The molecule has 1 fully saturated rings. The van der Waals surface area contributed by atoms with Crippen LogP contribution in [0.3, 0.4) is 0 Å². The van der Waals surface area contributed by atoms with Gasteiger partial charge in [-0.15, -0.1) is 0 Å². The lowest BCUT2D eigenvalue weighted by molar-refractivity contribution is -0.161. The largest absolute Gasteiger partial charge is 0.458 e. The van der Waals surface area contributed by atoms with Gasteiger partial charge in [0, 0.05) is 0 Å². The predicted octanol–water partition coefficient (Wildman–Crippen LogP) is 2.44. The van der Waals surface area contributed by atoms with Crippen molar-refractivity contribution in [2.75, 3.05) is 0 Å². The Labute approximate surface area is 105 Å². The van der Waals surface area contributed by atoms with Crippen molar-refractivity contribution in [3.63, 3.8) is 0 Å². The van der Waals surface area contributed by atoms with Crippen LogP contribution in [0.15, 0.2) is 0 Å². The Morgan fingerprint density at radius 1 is 1.73 bits per heavy atom. The molecule has 0 radical (unpaired) electrons. The monoisotopic (exact) mass is 326 g/mol. The molecule has 0 aliphatic heterocycles. The summed E-state index contributed by atoms with van der Waals surface area (Å²) in [6, 6.07) is 0. The summed E-state index contributed by atoms with van der Waals surface area (Å²) in [5, 5.41) is 9.96. The van der Waals surface area contributed by atoms with Gasteiger partial charge in [-0.1, -0.05) is 29.5 Å². The van der Waals surface area contributed by atoms with Gasteiger partial charge in [0.2, 0.25) is 0 Å². The Hall–Kier alpha value is 0.160. The number of aliphatic hydroxyl groups is 1. The molecule has 3 unspecified atom stereocenters. The first-order chi connectivity index (χ1) is 6.79. The highest BCUT2D eigenvalue weighted by Gasteiger charge is 2.42. The molecule has 0 aromatic rings. The van der Waals surface area contributed by atoms with E-state index in [0.717, 1.165) is 25.7 Å².